The first kappa shape index (κ1) is 16.0. The lowest BCUT2D eigenvalue weighted by Crippen LogP contribution is -2.21. The van der Waals surface area contributed by atoms with E-state index >= 15 is 0 Å². The molecule has 2 aromatic heterocycles. The van der Waals surface area contributed by atoms with Gasteiger partial charge >= 0.3 is 6.09 Å². The Balaban J connectivity index is 1.70. The second kappa shape index (κ2) is 8.17. The Bertz CT molecular complexity index is 610. The lowest BCUT2D eigenvalue weighted by molar-refractivity contribution is 0.194. The van der Waals surface area contributed by atoms with E-state index in [1.807, 2.05) is 42.2 Å². The molecule has 0 unspecified atom stereocenters. The molecule has 0 aliphatic rings. The van der Waals surface area contributed by atoms with Crippen LogP contribution in [-0.2, 0) is 6.54 Å². The summed E-state index contributed by atoms with van der Waals surface area (Å²) < 4.78 is 1.94. The zero-order valence-corrected chi connectivity index (χ0v) is 12.8. The Hall–Kier alpha value is -2.37. The zero-order chi connectivity index (χ0) is 15.8. The van der Waals surface area contributed by atoms with Gasteiger partial charge in [0, 0.05) is 30.5 Å². The van der Waals surface area contributed by atoms with E-state index in [1.54, 1.807) is 0 Å². The smallest absolute Gasteiger partial charge is 0.404 e. The second-order valence-electron chi connectivity index (χ2n) is 5.30. The fourth-order valence-corrected chi connectivity index (χ4v) is 2.27. The van der Waals surface area contributed by atoms with Gasteiger partial charge in [-0.05, 0) is 31.9 Å². The van der Waals surface area contributed by atoms with Crippen molar-refractivity contribution in [2.75, 3.05) is 6.54 Å². The summed E-state index contributed by atoms with van der Waals surface area (Å²) in [6.07, 6.45) is 6.92. The number of aryl methyl sites for hydroxylation is 2. The van der Waals surface area contributed by atoms with Gasteiger partial charge in [-0.3, -0.25) is 9.67 Å². The van der Waals surface area contributed by atoms with E-state index in [0.29, 0.717) is 6.54 Å². The summed E-state index contributed by atoms with van der Waals surface area (Å²) in [5, 5.41) is 15.2. The zero-order valence-electron chi connectivity index (χ0n) is 12.8. The molecule has 0 bridgehead atoms. The molecule has 0 fully saturated rings. The number of carboxylic acid groups (broad SMARTS) is 1. The van der Waals surface area contributed by atoms with E-state index in [0.717, 1.165) is 49.2 Å². The van der Waals surface area contributed by atoms with Crippen LogP contribution in [0.15, 0.2) is 30.6 Å². The van der Waals surface area contributed by atoms with Gasteiger partial charge in [0.05, 0.1) is 11.9 Å². The van der Waals surface area contributed by atoms with Crippen molar-refractivity contribution in [1.82, 2.24) is 20.1 Å². The van der Waals surface area contributed by atoms with E-state index in [-0.39, 0.29) is 0 Å². The maximum atomic E-state index is 10.3. The Kier molecular flexibility index (Phi) is 5.94. The third-order valence-electron chi connectivity index (χ3n) is 3.41. The van der Waals surface area contributed by atoms with Crippen LogP contribution >= 0.6 is 0 Å². The minimum absolute atomic E-state index is 0.528. The molecule has 0 radical (unpaired) electrons. The predicted molar refractivity (Wildman–Crippen MR) is 84.7 cm³/mol. The molecule has 2 aromatic rings. The lowest BCUT2D eigenvalue weighted by atomic mass is 10.2. The van der Waals surface area contributed by atoms with Gasteiger partial charge in [0.25, 0.3) is 0 Å². The Morgan fingerprint density at radius 2 is 2.09 bits per heavy atom. The summed E-state index contributed by atoms with van der Waals surface area (Å²) in [5.74, 6) is 0. The first-order chi connectivity index (χ1) is 10.6. The van der Waals surface area contributed by atoms with E-state index < -0.39 is 6.09 Å². The molecule has 0 spiro atoms. The van der Waals surface area contributed by atoms with Crippen LogP contribution < -0.4 is 5.32 Å². The van der Waals surface area contributed by atoms with Crippen molar-refractivity contribution in [2.45, 2.75) is 39.2 Å². The van der Waals surface area contributed by atoms with Gasteiger partial charge in [-0.15, -0.1) is 0 Å². The van der Waals surface area contributed by atoms with Gasteiger partial charge in [-0.25, -0.2) is 4.79 Å². The Labute approximate surface area is 130 Å². The third-order valence-corrected chi connectivity index (χ3v) is 3.41. The van der Waals surface area contributed by atoms with Gasteiger partial charge in [0.15, 0.2) is 0 Å². The lowest BCUT2D eigenvalue weighted by Gasteiger charge is -2.02. The molecular formula is C16H22N4O2. The highest BCUT2D eigenvalue weighted by Crippen LogP contribution is 2.16. The highest BCUT2D eigenvalue weighted by Gasteiger charge is 2.03. The van der Waals surface area contributed by atoms with Crippen molar-refractivity contribution >= 4 is 6.09 Å². The average Bonchev–Trinajstić information content (AvgIpc) is 2.95. The number of pyridine rings is 1. The highest BCUT2D eigenvalue weighted by atomic mass is 16.4. The number of nitrogens with zero attached hydrogens (tertiary/aromatic N) is 3. The summed E-state index contributed by atoms with van der Waals surface area (Å²) in [6, 6.07) is 5.97. The fourth-order valence-electron chi connectivity index (χ4n) is 2.27. The molecule has 1 amide bonds. The van der Waals surface area contributed by atoms with Crippen LogP contribution in [0.1, 0.15) is 31.4 Å². The van der Waals surface area contributed by atoms with Crippen LogP contribution in [0, 0.1) is 6.92 Å². The first-order valence-electron chi connectivity index (χ1n) is 7.58. The monoisotopic (exact) mass is 302 g/mol. The number of aromatic nitrogens is 3. The van der Waals surface area contributed by atoms with Crippen LogP contribution in [0.4, 0.5) is 4.79 Å². The number of hydrogen-bond acceptors (Lipinski definition) is 3. The number of carbonyl (C=O) groups is 1. The molecule has 0 saturated carbocycles. The van der Waals surface area contributed by atoms with Crippen LogP contribution in [0.3, 0.4) is 0 Å². The Morgan fingerprint density at radius 3 is 2.86 bits per heavy atom. The standard InChI is InChI=1S/C16H22N4O2/c1-13-7-6-8-15(19-13)14-11-18-20(12-14)10-5-3-2-4-9-17-16(21)22/h6-8,11-12,17H,2-5,9-10H2,1H3,(H,21,22). The molecule has 22 heavy (non-hydrogen) atoms. The van der Waals surface area contributed by atoms with E-state index in [4.69, 9.17) is 5.11 Å². The predicted octanol–water partition coefficient (Wildman–Crippen LogP) is 3.08. The fraction of sp³-hybridized carbons (Fsp3) is 0.438. The molecular weight excluding hydrogens is 280 g/mol. The Morgan fingerprint density at radius 1 is 1.27 bits per heavy atom. The molecule has 2 N–H and O–H groups in total. The molecule has 2 rings (SSSR count). The molecule has 6 heteroatoms. The van der Waals surface area contributed by atoms with Crippen molar-refractivity contribution in [2.24, 2.45) is 0 Å². The van der Waals surface area contributed by atoms with Crippen molar-refractivity contribution in [3.05, 3.63) is 36.3 Å². The summed E-state index contributed by atoms with van der Waals surface area (Å²) in [7, 11) is 0. The molecule has 0 aromatic carbocycles. The summed E-state index contributed by atoms with van der Waals surface area (Å²) in [4.78, 5) is 14.8. The van der Waals surface area contributed by atoms with Crippen molar-refractivity contribution in [3.63, 3.8) is 0 Å². The van der Waals surface area contributed by atoms with Gasteiger partial charge in [-0.1, -0.05) is 18.9 Å². The summed E-state index contributed by atoms with van der Waals surface area (Å²) in [5.41, 5.74) is 2.99. The second-order valence-corrected chi connectivity index (χ2v) is 5.30. The topological polar surface area (TPSA) is 80.0 Å². The molecule has 118 valence electrons. The van der Waals surface area contributed by atoms with Gasteiger partial charge in [-0.2, -0.15) is 5.10 Å². The molecule has 6 nitrogen and oxygen atoms in total. The maximum absolute atomic E-state index is 10.3. The molecule has 0 saturated heterocycles. The maximum Gasteiger partial charge on any atom is 0.404 e. The number of amides is 1. The SMILES string of the molecule is Cc1cccc(-c2cnn(CCCCCCNC(=O)O)c2)n1. The molecule has 2 heterocycles. The van der Waals surface area contributed by atoms with Crippen LogP contribution in [0.2, 0.25) is 0 Å². The number of unbranched alkanes of at least 4 members (excludes halogenated alkanes) is 3. The number of rotatable bonds is 8. The molecule has 0 aliphatic heterocycles. The van der Waals surface area contributed by atoms with Crippen molar-refractivity contribution in [3.8, 4) is 11.3 Å². The quantitative estimate of drug-likeness (QED) is 0.734. The summed E-state index contributed by atoms with van der Waals surface area (Å²) >= 11 is 0. The number of hydrogen-bond donors (Lipinski definition) is 2. The van der Waals surface area contributed by atoms with E-state index in [1.165, 1.54) is 0 Å². The molecule has 0 atom stereocenters. The van der Waals surface area contributed by atoms with Crippen molar-refractivity contribution in [1.29, 1.82) is 0 Å². The highest BCUT2D eigenvalue weighted by molar-refractivity contribution is 5.64. The first-order valence-corrected chi connectivity index (χ1v) is 7.58. The average molecular weight is 302 g/mol. The van der Waals surface area contributed by atoms with Gasteiger partial charge in [0.1, 0.15) is 0 Å². The van der Waals surface area contributed by atoms with E-state index in [9.17, 15) is 4.79 Å². The normalized spacial score (nSPS) is 10.6. The van der Waals surface area contributed by atoms with Gasteiger partial charge in [0.2, 0.25) is 0 Å². The van der Waals surface area contributed by atoms with Gasteiger partial charge < -0.3 is 10.4 Å². The van der Waals surface area contributed by atoms with Crippen LogP contribution in [-0.4, -0.2) is 32.5 Å². The van der Waals surface area contributed by atoms with E-state index in [2.05, 4.69) is 15.4 Å². The third kappa shape index (κ3) is 5.20. The molecule has 0 aliphatic carbocycles. The minimum Gasteiger partial charge on any atom is -0.465 e. The van der Waals surface area contributed by atoms with Crippen LogP contribution in [0.25, 0.3) is 11.3 Å². The minimum atomic E-state index is -0.950. The van der Waals surface area contributed by atoms with Crippen LogP contribution in [0.5, 0.6) is 0 Å². The largest absolute Gasteiger partial charge is 0.465 e. The van der Waals surface area contributed by atoms with Crippen molar-refractivity contribution < 1.29 is 9.90 Å². The number of nitrogens with one attached hydrogen (secondary N) is 1. The summed E-state index contributed by atoms with van der Waals surface area (Å²) in [6.45, 7) is 3.38.